The first-order valence-corrected chi connectivity index (χ1v) is 5.75. The lowest BCUT2D eigenvalue weighted by atomic mass is 10.2. The molecule has 1 atom stereocenters. The van der Waals surface area contributed by atoms with E-state index in [1.165, 1.54) is 6.07 Å². The zero-order valence-corrected chi connectivity index (χ0v) is 10.6. The molecule has 0 radical (unpaired) electrons. The molecule has 84 valence electrons. The Bertz CT molecular complexity index is 317. The number of rotatable bonds is 5. The third-order valence-electron chi connectivity index (χ3n) is 2.18. The van der Waals surface area contributed by atoms with Gasteiger partial charge in [0.1, 0.15) is 5.82 Å². The first-order valence-electron chi connectivity index (χ1n) is 4.96. The van der Waals surface area contributed by atoms with Crippen molar-refractivity contribution in [3.05, 3.63) is 34.1 Å². The lowest BCUT2D eigenvalue weighted by Crippen LogP contribution is -2.34. The van der Waals surface area contributed by atoms with Gasteiger partial charge in [0, 0.05) is 19.1 Å². The highest BCUT2D eigenvalue weighted by Gasteiger charge is 2.06. The molecule has 1 rings (SSSR count). The molecule has 0 spiro atoms. The van der Waals surface area contributed by atoms with E-state index in [2.05, 4.69) is 33.5 Å². The average molecular weight is 275 g/mol. The Hall–Kier alpha value is -0.450. The van der Waals surface area contributed by atoms with Gasteiger partial charge in [-0.3, -0.25) is 0 Å². The van der Waals surface area contributed by atoms with Crippen molar-refractivity contribution in [1.29, 1.82) is 0 Å². The van der Waals surface area contributed by atoms with Crippen molar-refractivity contribution >= 4 is 15.9 Å². The molecule has 0 saturated heterocycles. The standard InChI is InChI=1S/C11H16BrFN2/c1-8(6-14-2)15-7-9-4-3-5-10(13)11(9)12/h3-5,8,14-15H,6-7H2,1-2H3. The van der Waals surface area contributed by atoms with E-state index < -0.39 is 0 Å². The van der Waals surface area contributed by atoms with Crippen LogP contribution in [0.15, 0.2) is 22.7 Å². The minimum Gasteiger partial charge on any atom is -0.318 e. The highest BCUT2D eigenvalue weighted by molar-refractivity contribution is 9.10. The predicted octanol–water partition coefficient (Wildman–Crippen LogP) is 2.29. The summed E-state index contributed by atoms with van der Waals surface area (Å²) in [5.74, 6) is -0.212. The fourth-order valence-corrected chi connectivity index (χ4v) is 1.75. The highest BCUT2D eigenvalue weighted by Crippen LogP contribution is 2.20. The van der Waals surface area contributed by atoms with E-state index in [9.17, 15) is 4.39 Å². The SMILES string of the molecule is CNCC(C)NCc1cccc(F)c1Br. The number of hydrogen-bond donors (Lipinski definition) is 2. The van der Waals surface area contributed by atoms with Crippen LogP contribution in [0.3, 0.4) is 0 Å². The summed E-state index contributed by atoms with van der Waals surface area (Å²) in [4.78, 5) is 0. The second-order valence-electron chi connectivity index (χ2n) is 3.55. The maximum Gasteiger partial charge on any atom is 0.137 e. The van der Waals surface area contributed by atoms with Gasteiger partial charge < -0.3 is 10.6 Å². The molecule has 0 aliphatic heterocycles. The summed E-state index contributed by atoms with van der Waals surface area (Å²) in [5, 5.41) is 6.39. The van der Waals surface area contributed by atoms with Crippen LogP contribution in [-0.4, -0.2) is 19.6 Å². The minimum atomic E-state index is -0.212. The van der Waals surface area contributed by atoms with E-state index in [-0.39, 0.29) is 5.82 Å². The van der Waals surface area contributed by atoms with Crippen LogP contribution in [0.25, 0.3) is 0 Å². The van der Waals surface area contributed by atoms with Crippen LogP contribution < -0.4 is 10.6 Å². The van der Waals surface area contributed by atoms with Crippen molar-refractivity contribution in [2.24, 2.45) is 0 Å². The highest BCUT2D eigenvalue weighted by atomic mass is 79.9. The fraction of sp³-hybridized carbons (Fsp3) is 0.455. The molecule has 1 aromatic carbocycles. The van der Waals surface area contributed by atoms with Crippen LogP contribution >= 0.6 is 15.9 Å². The van der Waals surface area contributed by atoms with Crippen LogP contribution in [0.2, 0.25) is 0 Å². The minimum absolute atomic E-state index is 0.212. The molecule has 2 N–H and O–H groups in total. The quantitative estimate of drug-likeness (QED) is 0.861. The summed E-state index contributed by atoms with van der Waals surface area (Å²) in [7, 11) is 1.91. The van der Waals surface area contributed by atoms with Crippen molar-refractivity contribution in [2.75, 3.05) is 13.6 Å². The zero-order chi connectivity index (χ0) is 11.3. The smallest absolute Gasteiger partial charge is 0.137 e. The number of benzene rings is 1. The van der Waals surface area contributed by atoms with E-state index in [1.807, 2.05) is 13.1 Å². The van der Waals surface area contributed by atoms with E-state index in [4.69, 9.17) is 0 Å². The topological polar surface area (TPSA) is 24.1 Å². The maximum atomic E-state index is 13.2. The first kappa shape index (κ1) is 12.6. The summed E-state index contributed by atoms with van der Waals surface area (Å²) in [6.07, 6.45) is 0. The van der Waals surface area contributed by atoms with Crippen molar-refractivity contribution in [1.82, 2.24) is 10.6 Å². The summed E-state index contributed by atoms with van der Waals surface area (Å²) in [6, 6.07) is 5.45. The van der Waals surface area contributed by atoms with Crippen molar-refractivity contribution in [3.8, 4) is 0 Å². The molecule has 0 saturated carbocycles. The number of halogens is 2. The van der Waals surface area contributed by atoms with Crippen molar-refractivity contribution in [3.63, 3.8) is 0 Å². The van der Waals surface area contributed by atoms with E-state index >= 15 is 0 Å². The summed E-state index contributed by atoms with van der Waals surface area (Å²) in [6.45, 7) is 3.65. The van der Waals surface area contributed by atoms with E-state index in [0.29, 0.717) is 17.1 Å². The average Bonchev–Trinajstić information content (AvgIpc) is 2.21. The molecule has 0 aromatic heterocycles. The summed E-state index contributed by atoms with van der Waals surface area (Å²) < 4.78 is 13.7. The van der Waals surface area contributed by atoms with Gasteiger partial charge in [-0.05, 0) is 41.5 Å². The Labute approximate surface area is 98.4 Å². The van der Waals surface area contributed by atoms with Gasteiger partial charge in [0.15, 0.2) is 0 Å². The largest absolute Gasteiger partial charge is 0.318 e. The monoisotopic (exact) mass is 274 g/mol. The molecule has 0 bridgehead atoms. The Morgan fingerprint density at radius 1 is 1.47 bits per heavy atom. The van der Waals surface area contributed by atoms with Crippen molar-refractivity contribution < 1.29 is 4.39 Å². The molecular weight excluding hydrogens is 259 g/mol. The van der Waals surface area contributed by atoms with Gasteiger partial charge in [-0.15, -0.1) is 0 Å². The molecule has 0 amide bonds. The number of likely N-dealkylation sites (N-methyl/N-ethyl adjacent to an activating group) is 1. The van der Waals surface area contributed by atoms with Gasteiger partial charge in [0.2, 0.25) is 0 Å². The first-order chi connectivity index (χ1) is 7.15. The van der Waals surface area contributed by atoms with Gasteiger partial charge in [0.25, 0.3) is 0 Å². The van der Waals surface area contributed by atoms with Gasteiger partial charge in [-0.1, -0.05) is 12.1 Å². The van der Waals surface area contributed by atoms with Gasteiger partial charge in [0.05, 0.1) is 4.47 Å². The van der Waals surface area contributed by atoms with Crippen LogP contribution in [0.1, 0.15) is 12.5 Å². The molecule has 0 aliphatic carbocycles. The molecule has 0 heterocycles. The van der Waals surface area contributed by atoms with Gasteiger partial charge in [-0.2, -0.15) is 0 Å². The molecule has 1 unspecified atom stereocenters. The van der Waals surface area contributed by atoms with E-state index in [1.54, 1.807) is 6.07 Å². The Morgan fingerprint density at radius 3 is 2.87 bits per heavy atom. The molecular formula is C11H16BrFN2. The van der Waals surface area contributed by atoms with Crippen LogP contribution in [-0.2, 0) is 6.54 Å². The zero-order valence-electron chi connectivity index (χ0n) is 8.98. The Balaban J connectivity index is 2.54. The number of nitrogens with one attached hydrogen (secondary N) is 2. The van der Waals surface area contributed by atoms with Crippen LogP contribution in [0, 0.1) is 5.82 Å². The number of hydrogen-bond acceptors (Lipinski definition) is 2. The molecule has 0 aliphatic rings. The lowest BCUT2D eigenvalue weighted by molar-refractivity contribution is 0.520. The lowest BCUT2D eigenvalue weighted by Gasteiger charge is -2.14. The van der Waals surface area contributed by atoms with Crippen LogP contribution in [0.4, 0.5) is 4.39 Å². The molecule has 1 aromatic rings. The summed E-state index contributed by atoms with van der Waals surface area (Å²) >= 11 is 3.24. The van der Waals surface area contributed by atoms with Crippen LogP contribution in [0.5, 0.6) is 0 Å². The third kappa shape index (κ3) is 3.89. The Morgan fingerprint density at radius 2 is 2.20 bits per heavy atom. The fourth-order valence-electron chi connectivity index (χ4n) is 1.35. The second-order valence-corrected chi connectivity index (χ2v) is 4.35. The van der Waals surface area contributed by atoms with Crippen molar-refractivity contribution in [2.45, 2.75) is 19.5 Å². The predicted molar refractivity (Wildman–Crippen MR) is 64.3 cm³/mol. The van der Waals surface area contributed by atoms with Gasteiger partial charge in [-0.25, -0.2) is 4.39 Å². The van der Waals surface area contributed by atoms with E-state index in [0.717, 1.165) is 12.1 Å². The normalized spacial score (nSPS) is 12.8. The second kappa shape index (κ2) is 6.20. The molecule has 2 nitrogen and oxygen atoms in total. The summed E-state index contributed by atoms with van der Waals surface area (Å²) in [5.41, 5.74) is 0.943. The van der Waals surface area contributed by atoms with Gasteiger partial charge >= 0.3 is 0 Å². The molecule has 15 heavy (non-hydrogen) atoms. The third-order valence-corrected chi connectivity index (χ3v) is 3.07. The molecule has 4 heteroatoms. The molecule has 0 fully saturated rings. The Kier molecular flexibility index (Phi) is 5.22. The maximum absolute atomic E-state index is 13.2.